The van der Waals surface area contributed by atoms with Crippen molar-refractivity contribution in [3.8, 4) is 5.75 Å². The van der Waals surface area contributed by atoms with Gasteiger partial charge >= 0.3 is 0 Å². The average molecular weight is 443 g/mol. The van der Waals surface area contributed by atoms with E-state index in [0.717, 1.165) is 36.4 Å². The van der Waals surface area contributed by atoms with Gasteiger partial charge in [0, 0.05) is 11.5 Å². The molecule has 32 heavy (non-hydrogen) atoms. The SMILES string of the molecule is CCCCCCC[C@H]1CO[C@H](c2ccc(OCC=C[C@H]3CC[C@H](CCC)CC3)cc2)OC1. The Labute approximate surface area is 196 Å². The Hall–Kier alpha value is -1.32. The van der Waals surface area contributed by atoms with Crippen molar-refractivity contribution in [3.05, 3.63) is 42.0 Å². The molecule has 2 fully saturated rings. The summed E-state index contributed by atoms with van der Waals surface area (Å²) in [5, 5.41) is 0. The minimum atomic E-state index is -0.233. The quantitative estimate of drug-likeness (QED) is 0.227. The van der Waals surface area contributed by atoms with Crippen molar-refractivity contribution in [1.82, 2.24) is 0 Å². The fraction of sp³-hybridized carbons (Fsp3) is 0.724. The first-order chi connectivity index (χ1) is 15.8. The lowest BCUT2D eigenvalue weighted by Crippen LogP contribution is -2.27. The summed E-state index contributed by atoms with van der Waals surface area (Å²) < 4.78 is 17.9. The highest BCUT2D eigenvalue weighted by Crippen LogP contribution is 2.32. The molecule has 180 valence electrons. The Morgan fingerprint density at radius 1 is 0.812 bits per heavy atom. The van der Waals surface area contributed by atoms with E-state index in [9.17, 15) is 0 Å². The van der Waals surface area contributed by atoms with E-state index < -0.39 is 0 Å². The molecule has 3 heteroatoms. The highest BCUT2D eigenvalue weighted by molar-refractivity contribution is 5.28. The van der Waals surface area contributed by atoms with Gasteiger partial charge in [-0.1, -0.05) is 83.1 Å². The van der Waals surface area contributed by atoms with E-state index in [4.69, 9.17) is 14.2 Å². The molecule has 1 heterocycles. The Balaban J connectivity index is 1.30. The van der Waals surface area contributed by atoms with Crippen LogP contribution in [0.3, 0.4) is 0 Å². The fourth-order valence-electron chi connectivity index (χ4n) is 5.13. The van der Waals surface area contributed by atoms with Crippen molar-refractivity contribution < 1.29 is 14.2 Å². The Bertz CT molecular complexity index is 622. The van der Waals surface area contributed by atoms with Crippen LogP contribution in [0.1, 0.15) is 103 Å². The lowest BCUT2D eigenvalue weighted by molar-refractivity contribution is -0.206. The third-order valence-corrected chi connectivity index (χ3v) is 7.18. The smallest absolute Gasteiger partial charge is 0.183 e. The van der Waals surface area contributed by atoms with Gasteiger partial charge in [-0.05, 0) is 56.1 Å². The number of allylic oxidation sites excluding steroid dienone is 1. The van der Waals surface area contributed by atoms with Crippen LogP contribution in [-0.2, 0) is 9.47 Å². The number of benzene rings is 1. The second kappa shape index (κ2) is 14.8. The topological polar surface area (TPSA) is 27.7 Å². The summed E-state index contributed by atoms with van der Waals surface area (Å²) in [4.78, 5) is 0. The van der Waals surface area contributed by atoms with Gasteiger partial charge in [0.1, 0.15) is 12.4 Å². The first kappa shape index (κ1) is 25.3. The van der Waals surface area contributed by atoms with Crippen LogP contribution in [0.25, 0.3) is 0 Å². The molecule has 1 saturated carbocycles. The molecule has 2 aliphatic rings. The van der Waals surface area contributed by atoms with Gasteiger partial charge in [0.05, 0.1) is 13.2 Å². The molecule has 0 unspecified atom stereocenters. The maximum atomic E-state index is 6.01. The number of hydrogen-bond donors (Lipinski definition) is 0. The van der Waals surface area contributed by atoms with Gasteiger partial charge in [0.15, 0.2) is 6.29 Å². The van der Waals surface area contributed by atoms with Crippen molar-refractivity contribution >= 4 is 0 Å². The summed E-state index contributed by atoms with van der Waals surface area (Å²) in [6, 6.07) is 8.21. The Morgan fingerprint density at radius 2 is 1.53 bits per heavy atom. The van der Waals surface area contributed by atoms with Crippen LogP contribution in [-0.4, -0.2) is 19.8 Å². The third kappa shape index (κ3) is 8.90. The summed E-state index contributed by atoms with van der Waals surface area (Å²) in [6.45, 7) is 6.82. The predicted molar refractivity (Wildman–Crippen MR) is 133 cm³/mol. The first-order valence-corrected chi connectivity index (χ1v) is 13.4. The minimum Gasteiger partial charge on any atom is -0.490 e. The molecule has 1 aromatic carbocycles. The predicted octanol–water partition coefficient (Wildman–Crippen LogP) is 8.25. The zero-order valence-electron chi connectivity index (χ0n) is 20.6. The molecule has 0 N–H and O–H groups in total. The van der Waals surface area contributed by atoms with Gasteiger partial charge < -0.3 is 14.2 Å². The van der Waals surface area contributed by atoms with Crippen molar-refractivity contribution in [1.29, 1.82) is 0 Å². The van der Waals surface area contributed by atoms with E-state index in [1.807, 2.05) is 12.1 Å². The number of rotatable bonds is 13. The van der Waals surface area contributed by atoms with Crippen LogP contribution in [0.4, 0.5) is 0 Å². The van der Waals surface area contributed by atoms with Crippen molar-refractivity contribution in [2.24, 2.45) is 17.8 Å². The van der Waals surface area contributed by atoms with Gasteiger partial charge in [-0.15, -0.1) is 0 Å². The minimum absolute atomic E-state index is 0.233. The fourth-order valence-corrected chi connectivity index (χ4v) is 5.13. The number of ether oxygens (including phenoxy) is 3. The lowest BCUT2D eigenvalue weighted by Gasteiger charge is -2.29. The van der Waals surface area contributed by atoms with Gasteiger partial charge in [0.25, 0.3) is 0 Å². The maximum absolute atomic E-state index is 6.01. The molecule has 3 rings (SSSR count). The zero-order chi connectivity index (χ0) is 22.4. The summed E-state index contributed by atoms with van der Waals surface area (Å²) in [5.74, 6) is 3.17. The number of unbranched alkanes of at least 4 members (excludes halogenated alkanes) is 4. The molecule has 0 bridgehead atoms. The van der Waals surface area contributed by atoms with Crippen LogP contribution in [0.5, 0.6) is 5.75 Å². The van der Waals surface area contributed by atoms with E-state index in [2.05, 4.69) is 38.1 Å². The molecule has 0 amide bonds. The van der Waals surface area contributed by atoms with Crippen LogP contribution in [0, 0.1) is 17.8 Å². The largest absolute Gasteiger partial charge is 0.490 e. The van der Waals surface area contributed by atoms with Crippen LogP contribution in [0.15, 0.2) is 36.4 Å². The normalized spacial score (nSPS) is 26.4. The molecular weight excluding hydrogens is 396 g/mol. The Morgan fingerprint density at radius 3 is 2.22 bits per heavy atom. The second-order valence-corrected chi connectivity index (χ2v) is 9.95. The molecule has 1 aliphatic heterocycles. The van der Waals surface area contributed by atoms with Gasteiger partial charge in [-0.3, -0.25) is 0 Å². The lowest BCUT2D eigenvalue weighted by atomic mass is 9.80. The van der Waals surface area contributed by atoms with E-state index in [0.29, 0.717) is 12.5 Å². The van der Waals surface area contributed by atoms with Crippen molar-refractivity contribution in [3.63, 3.8) is 0 Å². The summed E-state index contributed by atoms with van der Waals surface area (Å²) in [6.07, 6.45) is 20.4. The number of hydrogen-bond acceptors (Lipinski definition) is 3. The molecule has 1 aliphatic carbocycles. The third-order valence-electron chi connectivity index (χ3n) is 7.18. The van der Waals surface area contributed by atoms with Crippen molar-refractivity contribution in [2.45, 2.75) is 97.2 Å². The summed E-state index contributed by atoms with van der Waals surface area (Å²) >= 11 is 0. The molecule has 0 atom stereocenters. The van der Waals surface area contributed by atoms with Gasteiger partial charge in [-0.2, -0.15) is 0 Å². The van der Waals surface area contributed by atoms with Crippen LogP contribution >= 0.6 is 0 Å². The summed E-state index contributed by atoms with van der Waals surface area (Å²) in [5.41, 5.74) is 1.08. The van der Waals surface area contributed by atoms with Gasteiger partial charge in [-0.25, -0.2) is 0 Å². The molecule has 0 spiro atoms. The van der Waals surface area contributed by atoms with Crippen molar-refractivity contribution in [2.75, 3.05) is 19.8 Å². The van der Waals surface area contributed by atoms with Crippen LogP contribution < -0.4 is 4.74 Å². The standard InChI is InChI=1S/C29H46O3/c1-3-5-6-7-8-11-26-22-31-29(32-23-26)27-17-19-28(20-18-27)30-21-9-12-25-15-13-24(10-4-2)14-16-25/h9,12,17-20,24-26,29H,3-8,10-11,13-16,21-23H2,1-2H3/t24-,25-,26-,29-. The first-order valence-electron chi connectivity index (χ1n) is 13.4. The van der Waals surface area contributed by atoms with E-state index in [1.165, 1.54) is 77.0 Å². The van der Waals surface area contributed by atoms with Gasteiger partial charge in [0.2, 0.25) is 0 Å². The molecule has 0 radical (unpaired) electrons. The molecule has 1 saturated heterocycles. The Kier molecular flexibility index (Phi) is 11.7. The molecular formula is C29H46O3. The van der Waals surface area contributed by atoms with Crippen LogP contribution in [0.2, 0.25) is 0 Å². The van der Waals surface area contributed by atoms with E-state index in [-0.39, 0.29) is 6.29 Å². The van der Waals surface area contributed by atoms with E-state index in [1.54, 1.807) is 0 Å². The maximum Gasteiger partial charge on any atom is 0.183 e. The second-order valence-electron chi connectivity index (χ2n) is 9.95. The molecule has 0 aromatic heterocycles. The monoisotopic (exact) mass is 442 g/mol. The highest BCUT2D eigenvalue weighted by atomic mass is 16.7. The summed E-state index contributed by atoms with van der Waals surface area (Å²) in [7, 11) is 0. The van der Waals surface area contributed by atoms with E-state index >= 15 is 0 Å². The molecule has 1 aromatic rings. The average Bonchev–Trinajstić information content (AvgIpc) is 2.84. The zero-order valence-corrected chi connectivity index (χ0v) is 20.6. The molecule has 3 nitrogen and oxygen atoms in total. The highest BCUT2D eigenvalue weighted by Gasteiger charge is 2.23.